The van der Waals surface area contributed by atoms with Crippen molar-refractivity contribution in [2.75, 3.05) is 18.6 Å². The van der Waals surface area contributed by atoms with Crippen LogP contribution in [0.15, 0.2) is 53.4 Å². The van der Waals surface area contributed by atoms with Gasteiger partial charge >= 0.3 is 5.97 Å². The molecular formula is C26H24N2O5S2. The molecule has 9 heteroatoms. The van der Waals surface area contributed by atoms with Crippen molar-refractivity contribution in [3.05, 3.63) is 76.0 Å². The lowest BCUT2D eigenvalue weighted by atomic mass is 10.1. The Morgan fingerprint density at radius 2 is 1.80 bits per heavy atom. The second-order valence-electron chi connectivity index (χ2n) is 7.80. The fourth-order valence-corrected chi connectivity index (χ4v) is 5.22. The molecule has 1 aromatic heterocycles. The van der Waals surface area contributed by atoms with Crippen LogP contribution in [-0.4, -0.2) is 39.6 Å². The number of phenols is 1. The van der Waals surface area contributed by atoms with Crippen LogP contribution in [0.1, 0.15) is 34.2 Å². The van der Waals surface area contributed by atoms with E-state index in [0.29, 0.717) is 26.3 Å². The molecule has 4 rings (SSSR count). The van der Waals surface area contributed by atoms with Gasteiger partial charge in [0.2, 0.25) is 0 Å². The number of anilines is 1. The van der Waals surface area contributed by atoms with Crippen LogP contribution in [0.3, 0.4) is 0 Å². The van der Waals surface area contributed by atoms with Crippen molar-refractivity contribution in [2.45, 2.75) is 20.8 Å². The average Bonchev–Trinajstić information content (AvgIpc) is 3.28. The molecule has 1 amide bonds. The Bertz CT molecular complexity index is 1360. The zero-order valence-corrected chi connectivity index (χ0v) is 21.3. The fourth-order valence-electron chi connectivity index (χ4n) is 3.93. The molecule has 7 nitrogen and oxygen atoms in total. The third kappa shape index (κ3) is 4.69. The Labute approximate surface area is 213 Å². The van der Waals surface area contributed by atoms with E-state index in [9.17, 15) is 14.7 Å². The largest absolute Gasteiger partial charge is 0.507 e. The van der Waals surface area contributed by atoms with E-state index in [4.69, 9.17) is 21.7 Å². The second kappa shape index (κ2) is 9.97. The van der Waals surface area contributed by atoms with Crippen molar-refractivity contribution < 1.29 is 24.2 Å². The van der Waals surface area contributed by atoms with Gasteiger partial charge < -0.3 is 19.1 Å². The quantitative estimate of drug-likeness (QED) is 0.272. The van der Waals surface area contributed by atoms with Crippen molar-refractivity contribution in [3.8, 4) is 17.2 Å². The molecule has 0 spiro atoms. The molecule has 1 saturated heterocycles. The number of aromatic nitrogens is 1. The number of hydrogen-bond acceptors (Lipinski definition) is 7. The number of ether oxygens (including phenoxy) is 2. The number of esters is 1. The van der Waals surface area contributed by atoms with Crippen molar-refractivity contribution in [2.24, 2.45) is 0 Å². The van der Waals surface area contributed by atoms with E-state index in [2.05, 4.69) is 0 Å². The van der Waals surface area contributed by atoms with Crippen molar-refractivity contribution in [1.82, 2.24) is 4.57 Å². The molecule has 1 N–H and O–H groups in total. The summed E-state index contributed by atoms with van der Waals surface area (Å²) in [6.45, 7) is 5.79. The molecule has 2 aromatic carbocycles. The Morgan fingerprint density at radius 3 is 2.46 bits per heavy atom. The van der Waals surface area contributed by atoms with Crippen molar-refractivity contribution in [1.29, 1.82) is 0 Å². The highest BCUT2D eigenvalue weighted by molar-refractivity contribution is 8.27. The number of rotatable bonds is 6. The summed E-state index contributed by atoms with van der Waals surface area (Å²) in [6, 6.07) is 13.9. The number of thioether (sulfide) groups is 1. The van der Waals surface area contributed by atoms with Crippen molar-refractivity contribution in [3.63, 3.8) is 0 Å². The summed E-state index contributed by atoms with van der Waals surface area (Å²) in [5.41, 5.74) is 4.10. The molecule has 0 unspecified atom stereocenters. The SMILES string of the molecule is CCOC(=O)c1cc(-n2c(C)cc(/C=C3\SC(=S)N(c4ccc(OC)cc4)C3=O)c2C)ccc1O. The molecule has 0 saturated carbocycles. The summed E-state index contributed by atoms with van der Waals surface area (Å²) in [5, 5.41) is 10.1. The van der Waals surface area contributed by atoms with Gasteiger partial charge in [0.1, 0.15) is 17.1 Å². The van der Waals surface area contributed by atoms with Gasteiger partial charge in [-0.2, -0.15) is 0 Å². The van der Waals surface area contributed by atoms with E-state index < -0.39 is 5.97 Å². The summed E-state index contributed by atoms with van der Waals surface area (Å²) in [4.78, 5) is 27.5. The first-order valence-electron chi connectivity index (χ1n) is 10.9. The summed E-state index contributed by atoms with van der Waals surface area (Å²) >= 11 is 6.74. The molecular weight excluding hydrogens is 484 g/mol. The monoisotopic (exact) mass is 508 g/mol. The predicted octanol–water partition coefficient (Wildman–Crippen LogP) is 5.39. The van der Waals surface area contributed by atoms with E-state index in [1.807, 2.05) is 30.6 Å². The highest BCUT2D eigenvalue weighted by Gasteiger charge is 2.33. The van der Waals surface area contributed by atoms with Crippen LogP contribution in [0.2, 0.25) is 0 Å². The minimum Gasteiger partial charge on any atom is -0.507 e. The standard InChI is InChI=1S/C26H24N2O5S2/c1-5-33-25(31)21-14-19(8-11-22(21)29)27-15(2)12-17(16(27)3)13-23-24(30)28(26(34)35-23)18-6-9-20(32-4)10-7-18/h6-14,29H,5H2,1-4H3/b23-13-. The Balaban J connectivity index is 1.67. The first-order chi connectivity index (χ1) is 16.7. The predicted molar refractivity (Wildman–Crippen MR) is 142 cm³/mol. The number of aryl methyl sites for hydroxylation is 1. The average molecular weight is 509 g/mol. The number of phenolic OH excluding ortho intramolecular Hbond substituents is 1. The lowest BCUT2D eigenvalue weighted by Crippen LogP contribution is -2.27. The number of nitrogens with zero attached hydrogens (tertiary/aromatic N) is 2. The lowest BCUT2D eigenvalue weighted by molar-refractivity contribution is -0.113. The van der Waals surface area contributed by atoms with Crippen LogP contribution in [-0.2, 0) is 9.53 Å². The highest BCUT2D eigenvalue weighted by atomic mass is 32.2. The minimum absolute atomic E-state index is 0.0961. The van der Waals surface area contributed by atoms with Gasteiger partial charge in [-0.3, -0.25) is 9.69 Å². The van der Waals surface area contributed by atoms with Gasteiger partial charge in [0.05, 0.1) is 24.3 Å². The summed E-state index contributed by atoms with van der Waals surface area (Å²) in [7, 11) is 1.59. The number of carbonyl (C=O) groups is 2. The van der Waals surface area contributed by atoms with Gasteiger partial charge in [0, 0.05) is 17.1 Å². The molecule has 35 heavy (non-hydrogen) atoms. The zero-order chi connectivity index (χ0) is 25.3. The third-order valence-electron chi connectivity index (χ3n) is 5.61. The number of aromatic hydroxyl groups is 1. The highest BCUT2D eigenvalue weighted by Crippen LogP contribution is 2.37. The van der Waals surface area contributed by atoms with E-state index in [0.717, 1.165) is 17.0 Å². The van der Waals surface area contributed by atoms with Gasteiger partial charge in [-0.25, -0.2) is 4.79 Å². The summed E-state index contributed by atoms with van der Waals surface area (Å²) in [6.07, 6.45) is 1.83. The minimum atomic E-state index is -0.586. The van der Waals surface area contributed by atoms with Gasteiger partial charge in [-0.05, 0) is 80.9 Å². The summed E-state index contributed by atoms with van der Waals surface area (Å²) in [5.74, 6) is -0.222. The first kappa shape index (κ1) is 24.6. The summed E-state index contributed by atoms with van der Waals surface area (Å²) < 4.78 is 12.7. The second-order valence-corrected chi connectivity index (χ2v) is 9.47. The molecule has 1 fully saturated rings. The lowest BCUT2D eigenvalue weighted by Gasteiger charge is -2.14. The molecule has 180 valence electrons. The van der Waals surface area contributed by atoms with Crippen LogP contribution in [0, 0.1) is 13.8 Å². The normalized spacial score (nSPS) is 14.6. The maximum atomic E-state index is 13.2. The molecule has 0 bridgehead atoms. The van der Waals surface area contributed by atoms with Gasteiger partial charge in [-0.1, -0.05) is 24.0 Å². The molecule has 3 aromatic rings. The van der Waals surface area contributed by atoms with Crippen LogP contribution >= 0.6 is 24.0 Å². The van der Waals surface area contributed by atoms with E-state index in [1.54, 1.807) is 50.4 Å². The molecule has 1 aliphatic heterocycles. The smallest absolute Gasteiger partial charge is 0.341 e. The number of carbonyl (C=O) groups excluding carboxylic acids is 2. The number of amides is 1. The van der Waals surface area contributed by atoms with E-state index in [1.165, 1.54) is 22.7 Å². The van der Waals surface area contributed by atoms with Gasteiger partial charge in [-0.15, -0.1) is 0 Å². The number of thiocarbonyl (C=S) groups is 1. The molecule has 2 heterocycles. The van der Waals surface area contributed by atoms with Crippen LogP contribution in [0.4, 0.5) is 5.69 Å². The Morgan fingerprint density at radius 1 is 1.11 bits per heavy atom. The molecule has 1 aliphatic rings. The zero-order valence-electron chi connectivity index (χ0n) is 19.7. The van der Waals surface area contributed by atoms with E-state index in [-0.39, 0.29) is 23.8 Å². The maximum Gasteiger partial charge on any atom is 0.341 e. The van der Waals surface area contributed by atoms with Crippen molar-refractivity contribution >= 4 is 51.9 Å². The molecule has 0 atom stereocenters. The molecule has 0 aliphatic carbocycles. The Hall–Kier alpha value is -3.56. The maximum absolute atomic E-state index is 13.2. The third-order valence-corrected chi connectivity index (χ3v) is 6.92. The first-order valence-corrected chi connectivity index (χ1v) is 12.1. The topological polar surface area (TPSA) is 81.0 Å². The fraction of sp³-hybridized carbons (Fsp3) is 0.192. The number of methoxy groups -OCH3 is 1. The van der Waals surface area contributed by atoms with Crippen LogP contribution in [0.25, 0.3) is 11.8 Å². The Kier molecular flexibility index (Phi) is 7.00. The van der Waals surface area contributed by atoms with Gasteiger partial charge in [0.25, 0.3) is 5.91 Å². The molecule has 0 radical (unpaired) electrons. The number of benzene rings is 2. The number of hydrogen-bond donors (Lipinski definition) is 1. The van der Waals surface area contributed by atoms with Gasteiger partial charge in [0.15, 0.2) is 4.32 Å². The van der Waals surface area contributed by atoms with Crippen LogP contribution in [0.5, 0.6) is 11.5 Å². The van der Waals surface area contributed by atoms with Crippen LogP contribution < -0.4 is 9.64 Å². The van der Waals surface area contributed by atoms with E-state index >= 15 is 0 Å².